The van der Waals surface area contributed by atoms with Crippen LogP contribution < -0.4 is 5.32 Å². The fourth-order valence-electron chi connectivity index (χ4n) is 0.933. The predicted octanol–water partition coefficient (Wildman–Crippen LogP) is 1.91. The summed E-state index contributed by atoms with van der Waals surface area (Å²) >= 11 is 0. The molecule has 0 spiro atoms. The van der Waals surface area contributed by atoms with Gasteiger partial charge in [-0.2, -0.15) is 0 Å². The van der Waals surface area contributed by atoms with Crippen molar-refractivity contribution in [2.75, 3.05) is 13.2 Å². The zero-order valence-electron chi connectivity index (χ0n) is 8.03. The van der Waals surface area contributed by atoms with Crippen LogP contribution in [0.25, 0.3) is 0 Å². The van der Waals surface area contributed by atoms with Gasteiger partial charge in [-0.1, -0.05) is 6.92 Å². The first-order valence-corrected chi connectivity index (χ1v) is 4.37. The molecule has 0 aromatic heterocycles. The number of ether oxygens (including phenoxy) is 1. The molecule has 1 unspecified atom stereocenters. The van der Waals surface area contributed by atoms with E-state index in [9.17, 15) is 13.2 Å². The Bertz CT molecular complexity index is 185. The summed E-state index contributed by atoms with van der Waals surface area (Å²) in [6.07, 6.45) is 1.84. The Morgan fingerprint density at radius 1 is 1.50 bits per heavy atom. The lowest BCUT2D eigenvalue weighted by molar-refractivity contribution is -0.323. The SMILES string of the molecule is C#CCC(CC)NCCOC(F)(F)F. The smallest absolute Gasteiger partial charge is 0.311 e. The molecule has 82 valence electrons. The van der Waals surface area contributed by atoms with Crippen molar-refractivity contribution in [2.45, 2.75) is 32.2 Å². The molecule has 1 atom stereocenters. The highest BCUT2D eigenvalue weighted by atomic mass is 19.4. The minimum absolute atomic E-state index is 0.0665. The molecule has 1 N–H and O–H groups in total. The number of halogens is 3. The van der Waals surface area contributed by atoms with Crippen molar-refractivity contribution in [3.8, 4) is 12.3 Å². The standard InChI is InChI=1S/C9H14F3NO/c1-3-5-8(4-2)13-6-7-14-9(10,11)12/h1,8,13H,4-7H2,2H3. The van der Waals surface area contributed by atoms with Crippen LogP contribution in [0.1, 0.15) is 19.8 Å². The van der Waals surface area contributed by atoms with Crippen LogP contribution in [0.4, 0.5) is 13.2 Å². The number of nitrogens with one attached hydrogen (secondary N) is 1. The maximum absolute atomic E-state index is 11.5. The minimum atomic E-state index is -4.55. The van der Waals surface area contributed by atoms with Crippen LogP contribution in [-0.2, 0) is 4.74 Å². The van der Waals surface area contributed by atoms with E-state index < -0.39 is 6.36 Å². The number of hydrogen-bond donors (Lipinski definition) is 1. The predicted molar refractivity (Wildman–Crippen MR) is 47.5 cm³/mol. The van der Waals surface area contributed by atoms with E-state index in [1.807, 2.05) is 6.92 Å². The van der Waals surface area contributed by atoms with E-state index in [0.29, 0.717) is 6.42 Å². The van der Waals surface area contributed by atoms with Crippen LogP contribution in [0.5, 0.6) is 0 Å². The van der Waals surface area contributed by atoms with Crippen molar-refractivity contribution < 1.29 is 17.9 Å². The van der Waals surface area contributed by atoms with Crippen LogP contribution in [0, 0.1) is 12.3 Å². The lowest BCUT2D eigenvalue weighted by atomic mass is 10.1. The summed E-state index contributed by atoms with van der Waals surface area (Å²) in [5.41, 5.74) is 0. The molecule has 0 saturated carbocycles. The Balaban J connectivity index is 3.48. The largest absolute Gasteiger partial charge is 0.522 e. The minimum Gasteiger partial charge on any atom is -0.311 e. The van der Waals surface area contributed by atoms with Gasteiger partial charge in [-0.3, -0.25) is 4.74 Å². The van der Waals surface area contributed by atoms with Crippen molar-refractivity contribution in [3.05, 3.63) is 0 Å². The first-order chi connectivity index (χ1) is 6.49. The van der Waals surface area contributed by atoms with Gasteiger partial charge in [0.1, 0.15) is 0 Å². The van der Waals surface area contributed by atoms with Crippen molar-refractivity contribution in [1.29, 1.82) is 0 Å². The van der Waals surface area contributed by atoms with Gasteiger partial charge in [0, 0.05) is 19.0 Å². The normalized spacial score (nSPS) is 13.6. The Morgan fingerprint density at radius 2 is 2.14 bits per heavy atom. The number of alkyl halides is 3. The van der Waals surface area contributed by atoms with Crippen molar-refractivity contribution >= 4 is 0 Å². The van der Waals surface area contributed by atoms with Gasteiger partial charge in [0.15, 0.2) is 0 Å². The molecule has 5 heteroatoms. The van der Waals surface area contributed by atoms with E-state index in [4.69, 9.17) is 6.42 Å². The highest BCUT2D eigenvalue weighted by Gasteiger charge is 2.28. The second-order valence-corrected chi connectivity index (χ2v) is 2.76. The Hall–Kier alpha value is -0.730. The van der Waals surface area contributed by atoms with Crippen LogP contribution in [0.2, 0.25) is 0 Å². The van der Waals surface area contributed by atoms with Gasteiger partial charge in [0.2, 0.25) is 0 Å². The summed E-state index contributed by atoms with van der Waals surface area (Å²) in [5, 5.41) is 2.88. The maximum Gasteiger partial charge on any atom is 0.522 e. The van der Waals surface area contributed by atoms with Crippen molar-refractivity contribution in [1.82, 2.24) is 5.32 Å². The summed E-state index contributed by atoms with van der Waals surface area (Å²) in [6.45, 7) is 1.68. The first-order valence-electron chi connectivity index (χ1n) is 4.37. The molecule has 0 aliphatic heterocycles. The molecular formula is C9H14F3NO. The van der Waals surface area contributed by atoms with E-state index in [-0.39, 0.29) is 19.2 Å². The molecule has 0 heterocycles. The van der Waals surface area contributed by atoms with Crippen LogP contribution in [0.3, 0.4) is 0 Å². The van der Waals surface area contributed by atoms with Crippen LogP contribution in [0.15, 0.2) is 0 Å². The number of hydrogen-bond acceptors (Lipinski definition) is 2. The summed E-state index contributed by atoms with van der Waals surface area (Å²) in [6, 6.07) is 0.0665. The van der Waals surface area contributed by atoms with E-state index >= 15 is 0 Å². The second kappa shape index (κ2) is 6.68. The fraction of sp³-hybridized carbons (Fsp3) is 0.778. The molecule has 0 aromatic carbocycles. The lowest BCUT2D eigenvalue weighted by Crippen LogP contribution is -2.32. The Morgan fingerprint density at radius 3 is 2.57 bits per heavy atom. The fourth-order valence-corrected chi connectivity index (χ4v) is 0.933. The molecule has 0 bridgehead atoms. The van der Waals surface area contributed by atoms with Gasteiger partial charge >= 0.3 is 6.36 Å². The average molecular weight is 209 g/mol. The number of rotatable bonds is 6. The molecule has 0 saturated heterocycles. The lowest BCUT2D eigenvalue weighted by Gasteiger charge is -2.14. The molecule has 0 amide bonds. The molecule has 2 nitrogen and oxygen atoms in total. The van der Waals surface area contributed by atoms with Crippen molar-refractivity contribution in [3.63, 3.8) is 0 Å². The molecule has 0 radical (unpaired) electrons. The molecular weight excluding hydrogens is 195 g/mol. The quantitative estimate of drug-likeness (QED) is 0.533. The summed E-state index contributed by atoms with van der Waals surface area (Å²) in [7, 11) is 0. The topological polar surface area (TPSA) is 21.3 Å². The van der Waals surface area contributed by atoms with Crippen LogP contribution >= 0.6 is 0 Å². The molecule has 0 rings (SSSR count). The van der Waals surface area contributed by atoms with Gasteiger partial charge in [0.25, 0.3) is 0 Å². The van der Waals surface area contributed by atoms with Gasteiger partial charge in [-0.05, 0) is 6.42 Å². The monoisotopic (exact) mass is 209 g/mol. The summed E-state index contributed by atoms with van der Waals surface area (Å²) in [5.74, 6) is 2.45. The Kier molecular flexibility index (Phi) is 6.34. The van der Waals surface area contributed by atoms with E-state index in [2.05, 4.69) is 16.0 Å². The van der Waals surface area contributed by atoms with Crippen LogP contribution in [-0.4, -0.2) is 25.6 Å². The zero-order valence-corrected chi connectivity index (χ0v) is 8.03. The van der Waals surface area contributed by atoms with Gasteiger partial charge in [0.05, 0.1) is 6.61 Å². The molecule has 14 heavy (non-hydrogen) atoms. The highest BCUT2D eigenvalue weighted by Crippen LogP contribution is 2.15. The van der Waals surface area contributed by atoms with Gasteiger partial charge in [-0.15, -0.1) is 25.5 Å². The zero-order chi connectivity index (χ0) is 11.0. The maximum atomic E-state index is 11.5. The van der Waals surface area contributed by atoms with E-state index in [1.54, 1.807) is 0 Å². The third-order valence-electron chi connectivity index (χ3n) is 1.66. The van der Waals surface area contributed by atoms with Crippen molar-refractivity contribution in [2.24, 2.45) is 0 Å². The van der Waals surface area contributed by atoms with E-state index in [0.717, 1.165) is 6.42 Å². The second-order valence-electron chi connectivity index (χ2n) is 2.76. The number of terminal acetylenes is 1. The first kappa shape index (κ1) is 13.3. The Labute approximate surface area is 81.8 Å². The average Bonchev–Trinajstić information content (AvgIpc) is 2.08. The summed E-state index contributed by atoms with van der Waals surface area (Å²) < 4.78 is 38.2. The summed E-state index contributed by atoms with van der Waals surface area (Å²) in [4.78, 5) is 0. The third-order valence-corrected chi connectivity index (χ3v) is 1.66. The van der Waals surface area contributed by atoms with Gasteiger partial charge in [-0.25, -0.2) is 0 Å². The molecule has 0 aromatic rings. The molecule has 0 aliphatic rings. The molecule has 0 aliphatic carbocycles. The van der Waals surface area contributed by atoms with Gasteiger partial charge < -0.3 is 5.32 Å². The highest BCUT2D eigenvalue weighted by molar-refractivity contribution is 4.89. The van der Waals surface area contributed by atoms with E-state index in [1.165, 1.54) is 0 Å². The molecule has 0 fully saturated rings. The third kappa shape index (κ3) is 7.90.